The Kier molecular flexibility index (Phi) is 3.33. The van der Waals surface area contributed by atoms with Crippen LogP contribution >= 0.6 is 0 Å². The van der Waals surface area contributed by atoms with E-state index in [0.29, 0.717) is 0 Å². The minimum Gasteiger partial charge on any atom is -0.348 e. The number of nitrogens with one attached hydrogen (secondary N) is 1. The lowest BCUT2D eigenvalue weighted by Gasteiger charge is -2.15. The van der Waals surface area contributed by atoms with E-state index in [1.165, 1.54) is 18.3 Å². The van der Waals surface area contributed by atoms with Crippen LogP contribution in [0.15, 0.2) is 18.3 Å². The van der Waals surface area contributed by atoms with Crippen LogP contribution in [0.25, 0.3) is 0 Å². The number of nitrogens with zero attached hydrogens (tertiary/aromatic N) is 2. The number of nitriles is 1. The molecule has 1 aromatic rings. The molecule has 2 atom stereocenters. The maximum Gasteiger partial charge on any atom is 0.256 e. The average molecular weight is 233 g/mol. The summed E-state index contributed by atoms with van der Waals surface area (Å²) in [6, 6.07) is 4.88. The van der Waals surface area contributed by atoms with Crippen molar-refractivity contribution in [3.05, 3.63) is 29.8 Å². The van der Waals surface area contributed by atoms with Crippen molar-refractivity contribution in [1.82, 2.24) is 10.3 Å². The summed E-state index contributed by atoms with van der Waals surface area (Å²) in [5.74, 6) is -1.45. The van der Waals surface area contributed by atoms with Gasteiger partial charge in [-0.2, -0.15) is 9.65 Å². The number of aromatic nitrogens is 1. The normalized spacial score (nSPS) is 23.1. The van der Waals surface area contributed by atoms with E-state index in [4.69, 9.17) is 5.26 Å². The molecule has 0 radical (unpaired) electrons. The zero-order valence-corrected chi connectivity index (χ0v) is 9.19. The minimum atomic E-state index is -0.781. The molecule has 2 rings (SSSR count). The van der Waals surface area contributed by atoms with Crippen LogP contribution in [0, 0.1) is 23.2 Å². The fourth-order valence-corrected chi connectivity index (χ4v) is 2.09. The lowest BCUT2D eigenvalue weighted by atomic mass is 10.1. The summed E-state index contributed by atoms with van der Waals surface area (Å²) in [6.45, 7) is 0. The zero-order valence-electron chi connectivity index (χ0n) is 9.19. The zero-order chi connectivity index (χ0) is 12.3. The molecule has 4 nitrogen and oxygen atoms in total. The number of hydrogen-bond donors (Lipinski definition) is 1. The third-order valence-electron chi connectivity index (χ3n) is 3.00. The van der Waals surface area contributed by atoms with E-state index in [2.05, 4.69) is 16.4 Å². The van der Waals surface area contributed by atoms with Crippen molar-refractivity contribution in [2.75, 3.05) is 0 Å². The SMILES string of the molecule is N#CC1CCCC1NC(=O)c1cccnc1F. The summed E-state index contributed by atoms with van der Waals surface area (Å²) in [6.07, 6.45) is 3.77. The Balaban J connectivity index is 2.08. The van der Waals surface area contributed by atoms with Crippen molar-refractivity contribution in [2.45, 2.75) is 25.3 Å². The highest BCUT2D eigenvalue weighted by atomic mass is 19.1. The molecule has 0 saturated heterocycles. The number of pyridine rings is 1. The van der Waals surface area contributed by atoms with Gasteiger partial charge in [-0.1, -0.05) is 0 Å². The third-order valence-corrected chi connectivity index (χ3v) is 3.00. The first-order valence-corrected chi connectivity index (χ1v) is 5.53. The van der Waals surface area contributed by atoms with Crippen LogP contribution in [0.5, 0.6) is 0 Å². The van der Waals surface area contributed by atoms with E-state index in [9.17, 15) is 9.18 Å². The van der Waals surface area contributed by atoms with Gasteiger partial charge in [0.1, 0.15) is 0 Å². The summed E-state index contributed by atoms with van der Waals surface area (Å²) >= 11 is 0. The Morgan fingerprint density at radius 2 is 2.41 bits per heavy atom. The van der Waals surface area contributed by atoms with Crippen LogP contribution in [-0.4, -0.2) is 16.9 Å². The van der Waals surface area contributed by atoms with Gasteiger partial charge >= 0.3 is 0 Å². The largest absolute Gasteiger partial charge is 0.348 e. The standard InChI is InChI=1S/C12H12FN3O/c13-11-9(4-2-6-15-11)12(17)16-10-5-1-3-8(10)7-14/h2,4,6,8,10H,1,3,5H2,(H,16,17). The van der Waals surface area contributed by atoms with Gasteiger partial charge < -0.3 is 5.32 Å². The lowest BCUT2D eigenvalue weighted by Crippen LogP contribution is -2.37. The number of amides is 1. The van der Waals surface area contributed by atoms with Gasteiger partial charge in [-0.05, 0) is 31.4 Å². The summed E-state index contributed by atoms with van der Waals surface area (Å²) in [7, 11) is 0. The van der Waals surface area contributed by atoms with Gasteiger partial charge in [0.15, 0.2) is 0 Å². The second-order valence-electron chi connectivity index (χ2n) is 4.09. The minimum absolute atomic E-state index is 0.0731. The fraction of sp³-hybridized carbons (Fsp3) is 0.417. The van der Waals surface area contributed by atoms with Gasteiger partial charge in [0, 0.05) is 12.2 Å². The van der Waals surface area contributed by atoms with Crippen molar-refractivity contribution >= 4 is 5.91 Å². The van der Waals surface area contributed by atoms with E-state index in [-0.39, 0.29) is 17.5 Å². The van der Waals surface area contributed by atoms with Crippen molar-refractivity contribution in [2.24, 2.45) is 5.92 Å². The Morgan fingerprint density at radius 1 is 1.59 bits per heavy atom. The monoisotopic (exact) mass is 233 g/mol. The molecule has 1 saturated carbocycles. The molecular formula is C12H12FN3O. The van der Waals surface area contributed by atoms with Crippen molar-refractivity contribution < 1.29 is 9.18 Å². The molecule has 1 aliphatic rings. The molecule has 1 N–H and O–H groups in total. The molecular weight excluding hydrogens is 221 g/mol. The third kappa shape index (κ3) is 2.41. The van der Waals surface area contributed by atoms with Crippen molar-refractivity contribution in [3.8, 4) is 6.07 Å². The lowest BCUT2D eigenvalue weighted by molar-refractivity contribution is 0.0928. The Labute approximate surface area is 98.5 Å². The van der Waals surface area contributed by atoms with Crippen LogP contribution in [0.3, 0.4) is 0 Å². The fourth-order valence-electron chi connectivity index (χ4n) is 2.09. The molecule has 1 fully saturated rings. The van der Waals surface area contributed by atoms with Gasteiger partial charge in [0.05, 0.1) is 17.6 Å². The van der Waals surface area contributed by atoms with Gasteiger partial charge in [-0.25, -0.2) is 4.98 Å². The van der Waals surface area contributed by atoms with E-state index < -0.39 is 11.9 Å². The number of hydrogen-bond acceptors (Lipinski definition) is 3. The molecule has 1 aliphatic carbocycles. The molecule has 1 amide bonds. The molecule has 1 aromatic heterocycles. The van der Waals surface area contributed by atoms with Gasteiger partial charge in [0.25, 0.3) is 5.91 Å². The molecule has 5 heteroatoms. The second kappa shape index (κ2) is 4.91. The highest BCUT2D eigenvalue weighted by molar-refractivity contribution is 5.94. The maximum absolute atomic E-state index is 13.3. The van der Waals surface area contributed by atoms with E-state index in [1.54, 1.807) is 0 Å². The Bertz CT molecular complexity index is 469. The van der Waals surface area contributed by atoms with E-state index in [0.717, 1.165) is 19.3 Å². The van der Waals surface area contributed by atoms with Crippen LogP contribution in [-0.2, 0) is 0 Å². The molecule has 1 heterocycles. The van der Waals surface area contributed by atoms with Crippen LogP contribution in [0.1, 0.15) is 29.6 Å². The molecule has 17 heavy (non-hydrogen) atoms. The predicted octanol–water partition coefficient (Wildman–Crippen LogP) is 1.64. The summed E-state index contributed by atoms with van der Waals surface area (Å²) in [4.78, 5) is 15.2. The first-order chi connectivity index (χ1) is 8.22. The van der Waals surface area contributed by atoms with Gasteiger partial charge in [0.2, 0.25) is 5.95 Å². The van der Waals surface area contributed by atoms with Gasteiger partial charge in [-0.3, -0.25) is 4.79 Å². The summed E-state index contributed by atoms with van der Waals surface area (Å²) in [5, 5.41) is 11.6. The number of carbonyl (C=O) groups excluding carboxylic acids is 1. The molecule has 88 valence electrons. The van der Waals surface area contributed by atoms with E-state index in [1.807, 2.05) is 0 Å². The van der Waals surface area contributed by atoms with Gasteiger partial charge in [-0.15, -0.1) is 0 Å². The molecule has 0 spiro atoms. The maximum atomic E-state index is 13.3. The molecule has 2 unspecified atom stereocenters. The Hall–Kier alpha value is -1.96. The Morgan fingerprint density at radius 3 is 3.12 bits per heavy atom. The molecule has 0 aromatic carbocycles. The predicted molar refractivity (Wildman–Crippen MR) is 58.4 cm³/mol. The highest BCUT2D eigenvalue weighted by Crippen LogP contribution is 2.25. The van der Waals surface area contributed by atoms with Crippen LogP contribution < -0.4 is 5.32 Å². The number of carbonyl (C=O) groups is 1. The van der Waals surface area contributed by atoms with E-state index >= 15 is 0 Å². The smallest absolute Gasteiger partial charge is 0.256 e. The molecule has 0 bridgehead atoms. The second-order valence-corrected chi connectivity index (χ2v) is 4.09. The number of rotatable bonds is 2. The topological polar surface area (TPSA) is 65.8 Å². The first kappa shape index (κ1) is 11.5. The quantitative estimate of drug-likeness (QED) is 0.790. The summed E-state index contributed by atoms with van der Waals surface area (Å²) < 4.78 is 13.3. The van der Waals surface area contributed by atoms with Crippen molar-refractivity contribution in [3.63, 3.8) is 0 Å². The van der Waals surface area contributed by atoms with Crippen molar-refractivity contribution in [1.29, 1.82) is 5.26 Å². The summed E-state index contributed by atoms with van der Waals surface area (Å²) in [5.41, 5.74) is -0.0731. The number of halogens is 1. The van der Waals surface area contributed by atoms with Crippen LogP contribution in [0.4, 0.5) is 4.39 Å². The van der Waals surface area contributed by atoms with Crippen LogP contribution in [0.2, 0.25) is 0 Å². The molecule has 0 aliphatic heterocycles. The highest BCUT2D eigenvalue weighted by Gasteiger charge is 2.29. The first-order valence-electron chi connectivity index (χ1n) is 5.53. The average Bonchev–Trinajstić information content (AvgIpc) is 2.76.